The molecule has 0 aromatic heterocycles. The number of rotatable bonds is 11. The summed E-state index contributed by atoms with van der Waals surface area (Å²) in [7, 11) is 0. The van der Waals surface area contributed by atoms with E-state index >= 15 is 0 Å². The van der Waals surface area contributed by atoms with Crippen molar-refractivity contribution in [1.29, 1.82) is 0 Å². The fraction of sp³-hybridized carbons (Fsp3) is 0.944. The first-order valence-electron chi connectivity index (χ1n) is 16.8. The molecule has 0 aliphatic heterocycles. The summed E-state index contributed by atoms with van der Waals surface area (Å²) in [5.74, 6) is 4.66. The zero-order valence-corrected chi connectivity index (χ0v) is 27.8. The minimum absolute atomic E-state index is 0.495. The van der Waals surface area contributed by atoms with Crippen LogP contribution in [0.5, 0.6) is 0 Å². The normalized spacial score (nSPS) is 32.9. The molecule has 218 valence electrons. The minimum atomic E-state index is 0.495. The zero-order valence-electron chi connectivity index (χ0n) is 27.0. The highest BCUT2D eigenvalue weighted by Gasteiger charge is 2.52. The van der Waals surface area contributed by atoms with Gasteiger partial charge in [-0.1, -0.05) is 118 Å². The monoisotopic (exact) mass is 533 g/mol. The Labute approximate surface area is 239 Å². The van der Waals surface area contributed by atoms with E-state index < -0.39 is 0 Å². The Bertz CT molecular complexity index is 645. The molecule has 0 aromatic rings. The van der Waals surface area contributed by atoms with Gasteiger partial charge >= 0.3 is 0 Å². The smallest absolute Gasteiger partial charge is 0.00447 e. The van der Waals surface area contributed by atoms with Crippen LogP contribution in [0.3, 0.4) is 0 Å². The van der Waals surface area contributed by atoms with Gasteiger partial charge in [-0.25, -0.2) is 0 Å². The minimum Gasteiger partial charge on any atom is -0.162 e. The van der Waals surface area contributed by atoms with Crippen LogP contribution >= 0.6 is 11.8 Å². The molecule has 7 atom stereocenters. The van der Waals surface area contributed by atoms with Crippen LogP contribution in [0, 0.1) is 40.4 Å². The highest BCUT2D eigenvalue weighted by atomic mass is 32.2. The maximum atomic E-state index is 2.77. The predicted octanol–water partition coefficient (Wildman–Crippen LogP) is 12.5. The molecule has 0 bridgehead atoms. The van der Waals surface area contributed by atoms with Crippen LogP contribution in [0.25, 0.3) is 0 Å². The Morgan fingerprint density at radius 3 is 2.22 bits per heavy atom. The molecule has 37 heavy (non-hydrogen) atoms. The van der Waals surface area contributed by atoms with E-state index in [0.717, 1.165) is 34.8 Å². The molecule has 2 saturated carbocycles. The lowest BCUT2D eigenvalue weighted by Crippen LogP contribution is -2.48. The third-order valence-electron chi connectivity index (χ3n) is 11.4. The second kappa shape index (κ2) is 16.4. The van der Waals surface area contributed by atoms with Crippen molar-refractivity contribution < 1.29 is 0 Å². The van der Waals surface area contributed by atoms with Crippen molar-refractivity contribution in [2.45, 2.75) is 170 Å². The molecular weight excluding hydrogens is 464 g/mol. The average Bonchev–Trinajstić information content (AvgIpc) is 2.87. The SMILES string of the molecule is CCC(C)CCCC(C)CCCC1C2CC=C3CCCC(SC)CCC3(C)C2CCC1(C)C.CCCC. The molecule has 2 fully saturated rings. The van der Waals surface area contributed by atoms with Crippen molar-refractivity contribution in [3.05, 3.63) is 11.6 Å². The number of allylic oxidation sites excluding steroid dienone is 2. The summed E-state index contributed by atoms with van der Waals surface area (Å²) in [5, 5.41) is 0.904. The number of hydrogen-bond donors (Lipinski definition) is 0. The Morgan fingerprint density at radius 2 is 1.57 bits per heavy atom. The van der Waals surface area contributed by atoms with Crippen LogP contribution in [0.15, 0.2) is 11.6 Å². The predicted molar refractivity (Wildman–Crippen MR) is 172 cm³/mol. The summed E-state index contributed by atoms with van der Waals surface area (Å²) in [6, 6.07) is 0. The van der Waals surface area contributed by atoms with Gasteiger partial charge in [0.15, 0.2) is 0 Å². The molecule has 0 amide bonds. The molecule has 0 heterocycles. The van der Waals surface area contributed by atoms with Crippen LogP contribution in [0.4, 0.5) is 0 Å². The second-order valence-corrected chi connectivity index (χ2v) is 15.7. The number of hydrogen-bond acceptors (Lipinski definition) is 1. The Kier molecular flexibility index (Phi) is 14.7. The van der Waals surface area contributed by atoms with Gasteiger partial charge < -0.3 is 0 Å². The molecule has 0 spiro atoms. The number of thioether (sulfide) groups is 1. The van der Waals surface area contributed by atoms with Gasteiger partial charge in [0.25, 0.3) is 0 Å². The van der Waals surface area contributed by atoms with E-state index in [4.69, 9.17) is 0 Å². The van der Waals surface area contributed by atoms with Crippen LogP contribution in [0.2, 0.25) is 0 Å². The highest BCUT2D eigenvalue weighted by Crippen LogP contribution is 2.61. The topological polar surface area (TPSA) is 0 Å². The summed E-state index contributed by atoms with van der Waals surface area (Å²) in [6.45, 7) is 19.6. The molecule has 3 rings (SSSR count). The van der Waals surface area contributed by atoms with Gasteiger partial charge in [0.05, 0.1) is 0 Å². The van der Waals surface area contributed by atoms with Gasteiger partial charge in [-0.15, -0.1) is 0 Å². The van der Waals surface area contributed by atoms with Gasteiger partial charge in [-0.2, -0.15) is 11.8 Å². The Balaban J connectivity index is 0.00000112. The summed E-state index contributed by atoms with van der Waals surface area (Å²) >= 11 is 2.14. The van der Waals surface area contributed by atoms with Crippen LogP contribution in [-0.2, 0) is 0 Å². The van der Waals surface area contributed by atoms with Crippen molar-refractivity contribution in [3.63, 3.8) is 0 Å². The largest absolute Gasteiger partial charge is 0.162 e. The molecule has 3 aliphatic rings. The lowest BCUT2D eigenvalue weighted by Gasteiger charge is -2.57. The highest BCUT2D eigenvalue weighted by molar-refractivity contribution is 7.99. The first kappa shape index (κ1) is 33.3. The van der Waals surface area contributed by atoms with E-state index in [0.29, 0.717) is 10.8 Å². The quantitative estimate of drug-likeness (QED) is 0.238. The summed E-state index contributed by atoms with van der Waals surface area (Å²) < 4.78 is 0. The molecule has 0 saturated heterocycles. The van der Waals surface area contributed by atoms with E-state index in [9.17, 15) is 0 Å². The van der Waals surface area contributed by atoms with Gasteiger partial charge in [-0.3, -0.25) is 0 Å². The van der Waals surface area contributed by atoms with Gasteiger partial charge in [-0.05, 0) is 104 Å². The maximum Gasteiger partial charge on any atom is 0.00447 e. The molecule has 0 nitrogen and oxygen atoms in total. The molecule has 3 aliphatic carbocycles. The van der Waals surface area contributed by atoms with Crippen molar-refractivity contribution in [2.75, 3.05) is 6.26 Å². The molecular formula is C36H68S. The van der Waals surface area contributed by atoms with E-state index in [2.05, 4.69) is 79.5 Å². The molecule has 7 unspecified atom stereocenters. The van der Waals surface area contributed by atoms with Crippen LogP contribution in [0.1, 0.15) is 165 Å². The van der Waals surface area contributed by atoms with Gasteiger partial charge in [0.2, 0.25) is 0 Å². The molecule has 0 aromatic carbocycles. The lowest BCUT2D eigenvalue weighted by atomic mass is 9.48. The van der Waals surface area contributed by atoms with E-state index in [-0.39, 0.29) is 0 Å². The molecule has 0 radical (unpaired) electrons. The summed E-state index contributed by atoms with van der Waals surface area (Å²) in [6.07, 6.45) is 29.3. The van der Waals surface area contributed by atoms with Crippen LogP contribution < -0.4 is 0 Å². The lowest BCUT2D eigenvalue weighted by molar-refractivity contribution is -0.0352. The maximum absolute atomic E-state index is 2.77. The summed E-state index contributed by atoms with van der Waals surface area (Å²) in [4.78, 5) is 0. The standard InChI is InChI=1S/C32H58S.C4H10/c1-8-24(2)12-9-13-25(3)14-10-17-29-28-19-18-26-15-11-16-27(33-7)20-23-32(26,6)30(28)21-22-31(29,4)5;1-3-4-2/h18,24-25,27-30H,8-17,19-23H2,1-7H3;3-4H2,1-2H3. The van der Waals surface area contributed by atoms with E-state index in [1.54, 1.807) is 0 Å². The van der Waals surface area contributed by atoms with Crippen molar-refractivity contribution in [1.82, 2.24) is 0 Å². The fourth-order valence-electron chi connectivity index (χ4n) is 8.21. The molecule has 0 N–H and O–H groups in total. The first-order valence-corrected chi connectivity index (χ1v) is 18.1. The van der Waals surface area contributed by atoms with Crippen molar-refractivity contribution in [2.24, 2.45) is 40.4 Å². The van der Waals surface area contributed by atoms with Crippen molar-refractivity contribution >= 4 is 11.8 Å². The molecule has 1 heteroatoms. The zero-order chi connectivity index (χ0) is 27.5. The van der Waals surface area contributed by atoms with E-state index in [1.165, 1.54) is 109 Å². The van der Waals surface area contributed by atoms with Crippen LogP contribution in [-0.4, -0.2) is 11.5 Å². The van der Waals surface area contributed by atoms with Crippen molar-refractivity contribution in [3.8, 4) is 0 Å². The third-order valence-corrected chi connectivity index (χ3v) is 12.6. The summed E-state index contributed by atoms with van der Waals surface area (Å²) in [5.41, 5.74) is 2.90. The Hall–Kier alpha value is 0.0900. The average molecular weight is 533 g/mol. The second-order valence-electron chi connectivity index (χ2n) is 14.6. The number of fused-ring (bicyclic) bond motifs is 3. The van der Waals surface area contributed by atoms with Gasteiger partial charge in [0.1, 0.15) is 0 Å². The fourth-order valence-corrected chi connectivity index (χ4v) is 8.96. The van der Waals surface area contributed by atoms with E-state index in [1.807, 2.05) is 5.57 Å². The number of unbranched alkanes of at least 4 members (excludes halogenated alkanes) is 1. The van der Waals surface area contributed by atoms with Gasteiger partial charge in [0, 0.05) is 5.25 Å². The third kappa shape index (κ3) is 9.60. The first-order chi connectivity index (χ1) is 17.6. The Morgan fingerprint density at radius 1 is 0.892 bits per heavy atom.